The first-order valence-corrected chi connectivity index (χ1v) is 5.70. The van der Waals surface area contributed by atoms with Gasteiger partial charge in [0.05, 0.1) is 14.2 Å². The number of ether oxygens (including phenoxy) is 2. The van der Waals surface area contributed by atoms with Crippen molar-refractivity contribution >= 4 is 0 Å². The lowest BCUT2D eigenvalue weighted by Gasteiger charge is -2.16. The van der Waals surface area contributed by atoms with Crippen molar-refractivity contribution in [3.05, 3.63) is 35.9 Å². The van der Waals surface area contributed by atoms with E-state index >= 15 is 0 Å². The molecule has 0 bridgehead atoms. The van der Waals surface area contributed by atoms with Gasteiger partial charge in [-0.1, -0.05) is 11.6 Å². The third-order valence-corrected chi connectivity index (χ3v) is 2.72. The van der Waals surface area contributed by atoms with Crippen molar-refractivity contribution in [2.45, 2.75) is 25.8 Å². The van der Waals surface area contributed by atoms with Crippen LogP contribution < -0.4 is 15.2 Å². The first kappa shape index (κ1) is 13.6. The van der Waals surface area contributed by atoms with Gasteiger partial charge in [-0.2, -0.15) is 0 Å². The molecule has 0 radical (unpaired) electrons. The van der Waals surface area contributed by atoms with E-state index in [-0.39, 0.29) is 6.04 Å². The first-order valence-electron chi connectivity index (χ1n) is 5.70. The minimum atomic E-state index is -0.0347. The van der Waals surface area contributed by atoms with Crippen molar-refractivity contribution in [3.63, 3.8) is 0 Å². The zero-order chi connectivity index (χ0) is 12.8. The molecule has 1 aromatic carbocycles. The van der Waals surface area contributed by atoms with Crippen LogP contribution in [0, 0.1) is 0 Å². The standard InChI is InChI=1S/C14H21NO2/c1-10(2)5-8-13(15)12-7-6-11(16-3)9-14(12)17-4/h6-7,9,13H,1,5,8,15H2,2-4H3. The zero-order valence-electron chi connectivity index (χ0n) is 10.8. The van der Waals surface area contributed by atoms with E-state index in [0.717, 1.165) is 35.5 Å². The Morgan fingerprint density at radius 2 is 2.06 bits per heavy atom. The molecule has 3 heteroatoms. The number of nitrogens with two attached hydrogens (primary N) is 1. The summed E-state index contributed by atoms with van der Waals surface area (Å²) >= 11 is 0. The van der Waals surface area contributed by atoms with Crippen LogP contribution in [0.15, 0.2) is 30.4 Å². The number of allylic oxidation sites excluding steroid dienone is 1. The van der Waals surface area contributed by atoms with Crippen LogP contribution in [-0.4, -0.2) is 14.2 Å². The van der Waals surface area contributed by atoms with Gasteiger partial charge in [-0.25, -0.2) is 0 Å². The third kappa shape index (κ3) is 3.79. The molecule has 1 atom stereocenters. The summed E-state index contributed by atoms with van der Waals surface area (Å²) in [7, 11) is 3.28. The van der Waals surface area contributed by atoms with Gasteiger partial charge in [0.25, 0.3) is 0 Å². The Balaban J connectivity index is 2.84. The maximum absolute atomic E-state index is 6.15. The summed E-state index contributed by atoms with van der Waals surface area (Å²) in [5, 5.41) is 0. The lowest BCUT2D eigenvalue weighted by Crippen LogP contribution is -2.11. The topological polar surface area (TPSA) is 44.5 Å². The summed E-state index contributed by atoms with van der Waals surface area (Å²) in [5.74, 6) is 1.55. The van der Waals surface area contributed by atoms with Crippen molar-refractivity contribution < 1.29 is 9.47 Å². The molecule has 0 fully saturated rings. The highest BCUT2D eigenvalue weighted by atomic mass is 16.5. The average molecular weight is 235 g/mol. The van der Waals surface area contributed by atoms with Gasteiger partial charge in [0, 0.05) is 17.7 Å². The van der Waals surface area contributed by atoms with Crippen LogP contribution in [0.1, 0.15) is 31.4 Å². The molecular formula is C14H21NO2. The minimum absolute atomic E-state index is 0.0347. The van der Waals surface area contributed by atoms with Crippen LogP contribution in [0.4, 0.5) is 0 Å². The molecule has 0 aromatic heterocycles. The average Bonchev–Trinajstić information content (AvgIpc) is 2.34. The fraction of sp³-hybridized carbons (Fsp3) is 0.429. The molecule has 2 N–H and O–H groups in total. The highest BCUT2D eigenvalue weighted by molar-refractivity contribution is 5.42. The molecule has 17 heavy (non-hydrogen) atoms. The van der Waals surface area contributed by atoms with Gasteiger partial charge in [-0.3, -0.25) is 0 Å². The van der Waals surface area contributed by atoms with E-state index in [9.17, 15) is 0 Å². The van der Waals surface area contributed by atoms with Gasteiger partial charge in [-0.15, -0.1) is 6.58 Å². The fourth-order valence-corrected chi connectivity index (χ4v) is 1.68. The van der Waals surface area contributed by atoms with E-state index in [1.807, 2.05) is 25.1 Å². The van der Waals surface area contributed by atoms with Gasteiger partial charge < -0.3 is 15.2 Å². The Morgan fingerprint density at radius 3 is 2.59 bits per heavy atom. The van der Waals surface area contributed by atoms with Gasteiger partial charge in [-0.05, 0) is 25.8 Å². The number of benzene rings is 1. The number of rotatable bonds is 6. The predicted molar refractivity (Wildman–Crippen MR) is 70.5 cm³/mol. The molecule has 0 aliphatic carbocycles. The second-order valence-corrected chi connectivity index (χ2v) is 4.21. The molecule has 94 valence electrons. The van der Waals surface area contributed by atoms with E-state index < -0.39 is 0 Å². The predicted octanol–water partition coefficient (Wildman–Crippen LogP) is 3.06. The zero-order valence-corrected chi connectivity index (χ0v) is 10.8. The molecule has 1 unspecified atom stereocenters. The van der Waals surface area contributed by atoms with Crippen molar-refractivity contribution in [1.29, 1.82) is 0 Å². The second-order valence-electron chi connectivity index (χ2n) is 4.21. The van der Waals surface area contributed by atoms with Crippen LogP contribution in [-0.2, 0) is 0 Å². The molecule has 0 heterocycles. The van der Waals surface area contributed by atoms with Crippen LogP contribution in [0.2, 0.25) is 0 Å². The minimum Gasteiger partial charge on any atom is -0.497 e. The van der Waals surface area contributed by atoms with Gasteiger partial charge >= 0.3 is 0 Å². The quantitative estimate of drug-likeness (QED) is 0.771. The summed E-state index contributed by atoms with van der Waals surface area (Å²) in [5.41, 5.74) is 8.30. The summed E-state index contributed by atoms with van der Waals surface area (Å²) in [6.07, 6.45) is 1.80. The van der Waals surface area contributed by atoms with E-state index in [2.05, 4.69) is 6.58 Å². The third-order valence-electron chi connectivity index (χ3n) is 2.72. The van der Waals surface area contributed by atoms with Crippen LogP contribution >= 0.6 is 0 Å². The molecule has 0 saturated heterocycles. The van der Waals surface area contributed by atoms with Crippen LogP contribution in [0.5, 0.6) is 11.5 Å². The summed E-state index contributed by atoms with van der Waals surface area (Å²) in [6.45, 7) is 5.90. The molecule has 0 spiro atoms. The van der Waals surface area contributed by atoms with Crippen LogP contribution in [0.3, 0.4) is 0 Å². The van der Waals surface area contributed by atoms with Crippen molar-refractivity contribution in [2.24, 2.45) is 5.73 Å². The van der Waals surface area contributed by atoms with E-state index in [1.54, 1.807) is 14.2 Å². The molecule has 0 amide bonds. The lowest BCUT2D eigenvalue weighted by molar-refractivity contribution is 0.387. The van der Waals surface area contributed by atoms with E-state index in [1.165, 1.54) is 0 Å². The SMILES string of the molecule is C=C(C)CCC(N)c1ccc(OC)cc1OC. The summed E-state index contributed by atoms with van der Waals surface area (Å²) < 4.78 is 10.5. The Bertz CT molecular complexity index is 388. The summed E-state index contributed by atoms with van der Waals surface area (Å²) in [4.78, 5) is 0. The Kier molecular flexibility index (Phi) is 5.04. The Morgan fingerprint density at radius 1 is 1.35 bits per heavy atom. The molecule has 3 nitrogen and oxygen atoms in total. The lowest BCUT2D eigenvalue weighted by atomic mass is 10.00. The molecule has 1 rings (SSSR count). The van der Waals surface area contributed by atoms with Gasteiger partial charge in [0.15, 0.2) is 0 Å². The van der Waals surface area contributed by atoms with Crippen molar-refractivity contribution in [1.82, 2.24) is 0 Å². The fourth-order valence-electron chi connectivity index (χ4n) is 1.68. The number of methoxy groups -OCH3 is 2. The Labute approximate surface area is 103 Å². The monoisotopic (exact) mass is 235 g/mol. The summed E-state index contributed by atoms with van der Waals surface area (Å²) in [6, 6.07) is 5.68. The smallest absolute Gasteiger partial charge is 0.127 e. The number of hydrogen-bond acceptors (Lipinski definition) is 3. The van der Waals surface area contributed by atoms with Crippen LogP contribution in [0.25, 0.3) is 0 Å². The Hall–Kier alpha value is -1.48. The second kappa shape index (κ2) is 6.30. The van der Waals surface area contributed by atoms with Crippen molar-refractivity contribution in [3.8, 4) is 11.5 Å². The highest BCUT2D eigenvalue weighted by Crippen LogP contribution is 2.30. The number of hydrogen-bond donors (Lipinski definition) is 1. The molecule has 0 aliphatic heterocycles. The van der Waals surface area contributed by atoms with E-state index in [4.69, 9.17) is 15.2 Å². The maximum atomic E-state index is 6.15. The maximum Gasteiger partial charge on any atom is 0.127 e. The van der Waals surface area contributed by atoms with Crippen molar-refractivity contribution in [2.75, 3.05) is 14.2 Å². The highest BCUT2D eigenvalue weighted by Gasteiger charge is 2.12. The molecule has 0 aliphatic rings. The van der Waals surface area contributed by atoms with Gasteiger partial charge in [0.2, 0.25) is 0 Å². The molecule has 1 aromatic rings. The normalized spacial score (nSPS) is 12.0. The molecule has 0 saturated carbocycles. The largest absolute Gasteiger partial charge is 0.497 e. The van der Waals surface area contributed by atoms with Gasteiger partial charge in [0.1, 0.15) is 11.5 Å². The first-order chi connectivity index (χ1) is 8.08. The van der Waals surface area contributed by atoms with E-state index in [0.29, 0.717) is 0 Å². The molecular weight excluding hydrogens is 214 g/mol.